The van der Waals surface area contributed by atoms with Gasteiger partial charge in [-0.15, -0.1) is 0 Å². The van der Waals surface area contributed by atoms with Gasteiger partial charge in [-0.2, -0.15) is 5.06 Å². The van der Waals surface area contributed by atoms with Crippen LogP contribution in [0.15, 0.2) is 53.4 Å². The number of rotatable bonds is 2. The van der Waals surface area contributed by atoms with Crippen molar-refractivity contribution < 1.29 is 37.1 Å². The molecule has 2 aliphatic heterocycles. The van der Waals surface area contributed by atoms with E-state index in [9.17, 15) is 18.0 Å². The Hall–Kier alpha value is -3.32. The molecular weight excluding hydrogens is 646 g/mol. The number of hydrogen-bond donors (Lipinski definition) is 1. The van der Waals surface area contributed by atoms with Crippen molar-refractivity contribution in [3.63, 3.8) is 0 Å². The number of carbonyl (C=O) groups excluding carboxylic acids is 2. The molecule has 4 aliphatic rings. The van der Waals surface area contributed by atoms with E-state index in [1.807, 2.05) is 12.1 Å². The Balaban J connectivity index is 1.43. The zero-order valence-electron chi connectivity index (χ0n) is 27.2. The van der Waals surface area contributed by atoms with Crippen molar-refractivity contribution in [2.45, 2.75) is 68.0 Å². The van der Waals surface area contributed by atoms with Crippen molar-refractivity contribution in [3.05, 3.63) is 64.7 Å². The average molecular weight is 688 g/mol. The van der Waals surface area contributed by atoms with E-state index in [0.29, 0.717) is 36.2 Å². The van der Waals surface area contributed by atoms with E-state index in [4.69, 9.17) is 30.6 Å². The third-order valence-electron chi connectivity index (χ3n) is 10.1. The number of fused-ring (bicyclic) bond motifs is 4. The van der Waals surface area contributed by atoms with Gasteiger partial charge in [-0.1, -0.05) is 23.7 Å². The Bertz CT molecular complexity index is 1680. The van der Waals surface area contributed by atoms with Crippen molar-refractivity contribution in [3.8, 4) is 5.75 Å². The predicted octanol–water partition coefficient (Wildman–Crippen LogP) is 5.01. The highest BCUT2D eigenvalue weighted by molar-refractivity contribution is 7.90. The first kappa shape index (κ1) is 33.6. The Morgan fingerprint density at radius 2 is 1.98 bits per heavy atom. The molecule has 2 heterocycles. The molecule has 2 aromatic rings. The van der Waals surface area contributed by atoms with Crippen molar-refractivity contribution in [1.82, 2.24) is 9.79 Å². The third-order valence-corrected chi connectivity index (χ3v) is 11.6. The SMILES string of the molecule is CON(C)C(=O)O[C@H]1C=CCOC(C)(C)C(=O)NS(=O)(=O)c2ccc3c(c2)N(C[C@@H]2CC[C@H]21)C[C@@]1(CCCc2cc(Cl)ccc21)CO3. The maximum absolute atomic E-state index is 13.6. The molecule has 0 saturated heterocycles. The number of hydrogen-bond acceptors (Lipinski definition) is 9. The summed E-state index contributed by atoms with van der Waals surface area (Å²) in [6.45, 7) is 4.58. The molecule has 1 N–H and O–H groups in total. The van der Waals surface area contributed by atoms with Gasteiger partial charge < -0.3 is 19.1 Å². The van der Waals surface area contributed by atoms with Gasteiger partial charge in [0.15, 0.2) is 0 Å². The first-order valence-corrected chi connectivity index (χ1v) is 17.8. The molecule has 4 atom stereocenters. The molecule has 0 unspecified atom stereocenters. The van der Waals surface area contributed by atoms with Gasteiger partial charge in [-0.05, 0) is 99.4 Å². The lowest BCUT2D eigenvalue weighted by Gasteiger charge is -2.46. The fourth-order valence-corrected chi connectivity index (χ4v) is 8.46. The molecular formula is C34H42ClN3O8S. The van der Waals surface area contributed by atoms with Crippen LogP contribution >= 0.6 is 11.6 Å². The van der Waals surface area contributed by atoms with Gasteiger partial charge in [0.25, 0.3) is 15.9 Å². The number of anilines is 1. The van der Waals surface area contributed by atoms with Gasteiger partial charge in [0, 0.05) is 36.5 Å². The highest BCUT2D eigenvalue weighted by Gasteiger charge is 2.45. The van der Waals surface area contributed by atoms with Crippen molar-refractivity contribution >= 4 is 39.3 Å². The third kappa shape index (κ3) is 6.70. The smallest absolute Gasteiger partial charge is 0.434 e. The normalized spacial score (nSPS) is 28.1. The van der Waals surface area contributed by atoms with Gasteiger partial charge in [-0.3, -0.25) is 9.63 Å². The summed E-state index contributed by atoms with van der Waals surface area (Å²) >= 11 is 6.41. The number of ether oxygens (including phenoxy) is 3. The van der Waals surface area contributed by atoms with Crippen LogP contribution in [0, 0.1) is 11.8 Å². The fourth-order valence-electron chi connectivity index (χ4n) is 7.15. The van der Waals surface area contributed by atoms with Crippen LogP contribution in [0.1, 0.15) is 50.7 Å². The Morgan fingerprint density at radius 3 is 2.72 bits per heavy atom. The lowest BCUT2D eigenvalue weighted by atomic mass is 9.68. The first-order chi connectivity index (χ1) is 22.3. The maximum Gasteiger partial charge on any atom is 0.434 e. The zero-order valence-corrected chi connectivity index (χ0v) is 28.7. The molecule has 254 valence electrons. The molecule has 11 nitrogen and oxygen atoms in total. The summed E-state index contributed by atoms with van der Waals surface area (Å²) in [6.07, 6.45) is 6.80. The van der Waals surface area contributed by atoms with Crippen LogP contribution in [0.2, 0.25) is 5.02 Å². The molecule has 1 fully saturated rings. The van der Waals surface area contributed by atoms with Crippen LogP contribution in [0.25, 0.3) is 0 Å². The van der Waals surface area contributed by atoms with E-state index in [2.05, 4.69) is 15.7 Å². The molecule has 0 aromatic heterocycles. The molecule has 2 aliphatic carbocycles. The summed E-state index contributed by atoms with van der Waals surface area (Å²) in [7, 11) is -1.36. The van der Waals surface area contributed by atoms with E-state index in [1.54, 1.807) is 24.3 Å². The summed E-state index contributed by atoms with van der Waals surface area (Å²) in [5, 5.41) is 1.73. The molecule has 1 spiro atoms. The highest BCUT2D eigenvalue weighted by Crippen LogP contribution is 2.47. The van der Waals surface area contributed by atoms with Gasteiger partial charge in [-0.25, -0.2) is 17.9 Å². The fraction of sp³-hybridized carbons (Fsp3) is 0.529. The molecule has 0 radical (unpaired) electrons. The number of sulfonamides is 1. The van der Waals surface area contributed by atoms with E-state index in [1.165, 1.54) is 45.2 Å². The second-order valence-corrected chi connectivity index (χ2v) is 15.6. The first-order valence-electron chi connectivity index (χ1n) is 16.0. The topological polar surface area (TPSA) is 124 Å². The number of amides is 2. The predicted molar refractivity (Wildman–Crippen MR) is 176 cm³/mol. The van der Waals surface area contributed by atoms with E-state index in [0.717, 1.165) is 37.2 Å². The van der Waals surface area contributed by atoms with Crippen LogP contribution in [0.3, 0.4) is 0 Å². The van der Waals surface area contributed by atoms with Gasteiger partial charge in [0.1, 0.15) is 17.5 Å². The van der Waals surface area contributed by atoms with Gasteiger partial charge in [0.05, 0.1) is 30.9 Å². The van der Waals surface area contributed by atoms with E-state index < -0.39 is 33.7 Å². The quantitative estimate of drug-likeness (QED) is 0.343. The van der Waals surface area contributed by atoms with E-state index in [-0.39, 0.29) is 28.8 Å². The minimum Gasteiger partial charge on any atom is -0.490 e. The summed E-state index contributed by atoms with van der Waals surface area (Å²) in [4.78, 5) is 33.3. The minimum absolute atomic E-state index is 0.000274. The Labute approximate surface area is 281 Å². The molecule has 2 bridgehead atoms. The largest absolute Gasteiger partial charge is 0.490 e. The second kappa shape index (κ2) is 12.9. The molecule has 1 saturated carbocycles. The number of hydroxylamine groups is 2. The summed E-state index contributed by atoms with van der Waals surface area (Å²) in [6, 6.07) is 10.8. The van der Waals surface area contributed by atoms with Crippen LogP contribution < -0.4 is 14.4 Å². The lowest BCUT2D eigenvalue weighted by Crippen LogP contribution is -2.50. The number of aryl methyl sites for hydroxylation is 1. The number of nitrogens with one attached hydrogen (secondary N) is 1. The lowest BCUT2D eigenvalue weighted by molar-refractivity contribution is -0.139. The summed E-state index contributed by atoms with van der Waals surface area (Å²) in [5.41, 5.74) is 1.19. The molecule has 2 amide bonds. The molecule has 47 heavy (non-hydrogen) atoms. The molecule has 13 heteroatoms. The van der Waals surface area contributed by atoms with Crippen LogP contribution in [-0.2, 0) is 41.0 Å². The highest BCUT2D eigenvalue weighted by atomic mass is 35.5. The van der Waals surface area contributed by atoms with Crippen molar-refractivity contribution in [1.29, 1.82) is 0 Å². The van der Waals surface area contributed by atoms with Crippen molar-refractivity contribution in [2.24, 2.45) is 11.8 Å². The standard InChI is InChI=1S/C34H42ClN3O8S/c1-33(2)31(39)36-47(41,42)25-11-14-30-28(18-25)38(20-34(21-44-30)15-5-7-22-17-24(35)10-13-27(22)34)19-23-9-12-26(23)29(8-6-16-45-33)46-32(40)37(3)43-4/h6,8,10-11,13-14,17-18,23,26,29H,5,7,9,12,15-16,19-21H2,1-4H3,(H,36,39)/t23-,26+,29-,34-/m0/s1. The number of halogens is 1. The summed E-state index contributed by atoms with van der Waals surface area (Å²) in [5.74, 6) is -0.135. The number of carbonyl (C=O) groups is 2. The maximum atomic E-state index is 13.6. The molecule has 6 rings (SSSR count). The second-order valence-electron chi connectivity index (χ2n) is 13.4. The zero-order chi connectivity index (χ0) is 33.6. The minimum atomic E-state index is -4.24. The van der Waals surface area contributed by atoms with Crippen LogP contribution in [0.4, 0.5) is 10.5 Å². The average Bonchev–Trinajstić information content (AvgIpc) is 3.17. The van der Waals surface area contributed by atoms with Crippen LogP contribution in [0.5, 0.6) is 5.75 Å². The molecule has 2 aromatic carbocycles. The van der Waals surface area contributed by atoms with Crippen LogP contribution in [-0.4, -0.2) is 77.6 Å². The van der Waals surface area contributed by atoms with Crippen molar-refractivity contribution in [2.75, 3.05) is 45.4 Å². The van der Waals surface area contributed by atoms with Gasteiger partial charge in [0.2, 0.25) is 0 Å². The Kier molecular flexibility index (Phi) is 9.25. The van der Waals surface area contributed by atoms with E-state index >= 15 is 0 Å². The number of nitrogens with zero attached hydrogens (tertiary/aromatic N) is 2. The summed E-state index contributed by atoms with van der Waals surface area (Å²) < 4.78 is 47.6. The van der Waals surface area contributed by atoms with Gasteiger partial charge >= 0.3 is 6.09 Å². The number of benzene rings is 2. The monoisotopic (exact) mass is 687 g/mol. The Morgan fingerprint density at radius 1 is 1.17 bits per heavy atom.